The Morgan fingerprint density at radius 2 is 1.73 bits per heavy atom. The maximum Gasteiger partial charge on any atom is 0.411 e. The number of nitrogens with one attached hydrogen (secondary N) is 1. The molecule has 0 fully saturated rings. The number of rotatable bonds is 6. The van der Waals surface area contributed by atoms with Gasteiger partial charge in [0, 0.05) is 11.3 Å². The van der Waals surface area contributed by atoms with Crippen molar-refractivity contribution >= 4 is 27.8 Å². The van der Waals surface area contributed by atoms with E-state index in [2.05, 4.69) is 11.9 Å². The molecule has 0 saturated heterocycles. The maximum atomic E-state index is 11.4. The molecule has 0 aliphatic heterocycles. The number of anilines is 1. The van der Waals surface area contributed by atoms with E-state index >= 15 is 0 Å². The first-order valence-electron chi connectivity index (χ1n) is 6.09. The van der Waals surface area contributed by atoms with Crippen molar-refractivity contribution in [2.24, 2.45) is 5.14 Å². The van der Waals surface area contributed by atoms with Crippen LogP contribution in [0.5, 0.6) is 0 Å². The first-order chi connectivity index (χ1) is 10.2. The number of primary sulfonamides is 1. The van der Waals surface area contributed by atoms with Gasteiger partial charge >= 0.3 is 12.1 Å². The van der Waals surface area contributed by atoms with Crippen LogP contribution in [0.25, 0.3) is 0 Å². The summed E-state index contributed by atoms with van der Waals surface area (Å²) in [4.78, 5) is 22.4. The molecule has 1 rings (SSSR count). The van der Waals surface area contributed by atoms with Crippen LogP contribution in [0.1, 0.15) is 6.92 Å². The van der Waals surface area contributed by atoms with Crippen LogP contribution in [0, 0.1) is 0 Å². The first-order valence-corrected chi connectivity index (χ1v) is 7.64. The molecule has 8 nitrogen and oxygen atoms in total. The van der Waals surface area contributed by atoms with E-state index in [4.69, 9.17) is 14.6 Å². The average Bonchev–Trinajstić information content (AvgIpc) is 2.42. The smallest absolute Gasteiger partial charge is 0.411 e. The maximum absolute atomic E-state index is 11.4. The molecular formula is C13H16N2O6S. The van der Waals surface area contributed by atoms with Crippen molar-refractivity contribution in [2.45, 2.75) is 11.8 Å². The summed E-state index contributed by atoms with van der Waals surface area (Å²) < 4.78 is 31.6. The lowest BCUT2D eigenvalue weighted by Gasteiger charge is -2.08. The summed E-state index contributed by atoms with van der Waals surface area (Å²) in [6.07, 6.45) is -0.769. The first kappa shape index (κ1) is 17.7. The minimum atomic E-state index is -3.78. The molecule has 1 amide bonds. The summed E-state index contributed by atoms with van der Waals surface area (Å²) in [5.74, 6) is -0.567. The number of carbonyl (C=O) groups is 2. The second kappa shape index (κ2) is 7.57. The molecule has 0 spiro atoms. The fraction of sp³-hybridized carbons (Fsp3) is 0.231. The largest absolute Gasteiger partial charge is 0.459 e. The Kier molecular flexibility index (Phi) is 6.08. The molecule has 0 saturated carbocycles. The lowest BCUT2D eigenvalue weighted by molar-refractivity contribution is -0.139. The molecule has 0 bridgehead atoms. The lowest BCUT2D eigenvalue weighted by atomic mass is 10.3. The zero-order valence-corrected chi connectivity index (χ0v) is 12.7. The molecule has 0 aromatic heterocycles. The van der Waals surface area contributed by atoms with E-state index in [9.17, 15) is 18.0 Å². The van der Waals surface area contributed by atoms with Gasteiger partial charge in [-0.15, -0.1) is 0 Å². The van der Waals surface area contributed by atoms with Gasteiger partial charge in [-0.05, 0) is 31.2 Å². The van der Waals surface area contributed by atoms with Gasteiger partial charge in [-0.2, -0.15) is 0 Å². The predicted octanol–water partition coefficient (Wildman–Crippen LogP) is 1.00. The Bertz CT molecular complexity index is 666. The van der Waals surface area contributed by atoms with Gasteiger partial charge in [0.05, 0.1) is 4.90 Å². The Morgan fingerprint density at radius 1 is 1.18 bits per heavy atom. The van der Waals surface area contributed by atoms with Crippen molar-refractivity contribution in [2.75, 3.05) is 18.5 Å². The van der Waals surface area contributed by atoms with E-state index in [1.165, 1.54) is 31.2 Å². The minimum Gasteiger partial charge on any atom is -0.459 e. The number of hydrogen-bond donors (Lipinski definition) is 2. The zero-order valence-electron chi connectivity index (χ0n) is 11.9. The highest BCUT2D eigenvalue weighted by atomic mass is 32.2. The van der Waals surface area contributed by atoms with Crippen molar-refractivity contribution in [3.63, 3.8) is 0 Å². The van der Waals surface area contributed by atoms with E-state index in [0.717, 1.165) is 0 Å². The molecule has 0 aliphatic carbocycles. The molecule has 0 aliphatic rings. The van der Waals surface area contributed by atoms with Crippen LogP contribution in [-0.4, -0.2) is 33.7 Å². The molecule has 0 heterocycles. The molecule has 0 radical (unpaired) electrons. The van der Waals surface area contributed by atoms with Gasteiger partial charge in [0.1, 0.15) is 13.2 Å². The molecule has 22 heavy (non-hydrogen) atoms. The summed E-state index contributed by atoms with van der Waals surface area (Å²) in [6, 6.07) is 5.23. The third-order valence-corrected chi connectivity index (χ3v) is 3.26. The SMILES string of the molecule is C=C(C)C(=O)OCCOC(=O)Nc1ccc(S(N)(=O)=O)cc1. The second-order valence-corrected chi connectivity index (χ2v) is 5.81. The molecule has 9 heteroatoms. The monoisotopic (exact) mass is 328 g/mol. The van der Waals surface area contributed by atoms with Gasteiger partial charge in [-0.25, -0.2) is 23.1 Å². The molecule has 120 valence electrons. The van der Waals surface area contributed by atoms with Crippen LogP contribution in [0.4, 0.5) is 10.5 Å². The topological polar surface area (TPSA) is 125 Å². The highest BCUT2D eigenvalue weighted by Gasteiger charge is 2.09. The van der Waals surface area contributed by atoms with E-state index in [0.29, 0.717) is 5.69 Å². The van der Waals surface area contributed by atoms with Crippen LogP contribution in [0.2, 0.25) is 0 Å². The van der Waals surface area contributed by atoms with Crippen LogP contribution >= 0.6 is 0 Å². The fourth-order valence-corrected chi connectivity index (χ4v) is 1.79. The summed E-state index contributed by atoms with van der Waals surface area (Å²) >= 11 is 0. The molecule has 0 atom stereocenters. The van der Waals surface area contributed by atoms with Gasteiger partial charge in [0.25, 0.3) is 0 Å². The van der Waals surface area contributed by atoms with Gasteiger partial charge in [0.15, 0.2) is 0 Å². The van der Waals surface area contributed by atoms with Gasteiger partial charge in [-0.3, -0.25) is 5.32 Å². The average molecular weight is 328 g/mol. The number of esters is 1. The zero-order chi connectivity index (χ0) is 16.8. The Morgan fingerprint density at radius 3 is 2.23 bits per heavy atom. The molecule has 1 aromatic rings. The standard InChI is InChI=1S/C13H16N2O6S/c1-9(2)12(16)20-7-8-21-13(17)15-10-3-5-11(6-4-10)22(14,18)19/h3-6H,1,7-8H2,2H3,(H,15,17)(H2,14,18,19). The Hall–Kier alpha value is -2.39. The number of hydrogen-bond acceptors (Lipinski definition) is 6. The molecule has 1 aromatic carbocycles. The van der Waals surface area contributed by atoms with Crippen LogP contribution in [0.15, 0.2) is 41.3 Å². The number of ether oxygens (including phenoxy) is 2. The van der Waals surface area contributed by atoms with Crippen LogP contribution < -0.4 is 10.5 Å². The number of carbonyl (C=O) groups excluding carboxylic acids is 2. The number of nitrogens with two attached hydrogens (primary N) is 1. The van der Waals surface area contributed by atoms with Gasteiger partial charge in [-0.1, -0.05) is 6.58 Å². The van der Waals surface area contributed by atoms with Crippen molar-refractivity contribution < 1.29 is 27.5 Å². The quantitative estimate of drug-likeness (QED) is 0.456. The second-order valence-electron chi connectivity index (χ2n) is 4.25. The van der Waals surface area contributed by atoms with E-state index in [-0.39, 0.29) is 23.7 Å². The minimum absolute atomic E-state index is 0.0712. The van der Waals surface area contributed by atoms with E-state index < -0.39 is 22.1 Å². The van der Waals surface area contributed by atoms with Crippen molar-refractivity contribution in [1.82, 2.24) is 0 Å². The number of sulfonamides is 1. The molecule has 3 N–H and O–H groups in total. The number of amides is 1. The normalized spacial score (nSPS) is 10.6. The summed E-state index contributed by atoms with van der Waals surface area (Å²) in [5, 5.41) is 7.32. The lowest BCUT2D eigenvalue weighted by Crippen LogP contribution is -2.18. The fourth-order valence-electron chi connectivity index (χ4n) is 1.27. The van der Waals surface area contributed by atoms with Crippen LogP contribution in [-0.2, 0) is 24.3 Å². The van der Waals surface area contributed by atoms with Gasteiger partial charge < -0.3 is 9.47 Å². The summed E-state index contributed by atoms with van der Waals surface area (Å²) in [7, 11) is -3.78. The Labute approximate surface area is 127 Å². The van der Waals surface area contributed by atoms with E-state index in [1.54, 1.807) is 0 Å². The Balaban J connectivity index is 2.39. The summed E-state index contributed by atoms with van der Waals surface area (Å²) in [5.41, 5.74) is 0.579. The van der Waals surface area contributed by atoms with Crippen molar-refractivity contribution in [3.8, 4) is 0 Å². The van der Waals surface area contributed by atoms with Crippen LogP contribution in [0.3, 0.4) is 0 Å². The number of benzene rings is 1. The molecule has 0 unspecified atom stereocenters. The van der Waals surface area contributed by atoms with E-state index in [1.807, 2.05) is 0 Å². The van der Waals surface area contributed by atoms with Crippen molar-refractivity contribution in [1.29, 1.82) is 0 Å². The summed E-state index contributed by atoms with van der Waals surface area (Å²) in [6.45, 7) is 4.69. The molecular weight excluding hydrogens is 312 g/mol. The third-order valence-electron chi connectivity index (χ3n) is 2.33. The predicted molar refractivity (Wildman–Crippen MR) is 78.6 cm³/mol. The van der Waals surface area contributed by atoms with Gasteiger partial charge in [0.2, 0.25) is 10.0 Å². The highest BCUT2D eigenvalue weighted by Crippen LogP contribution is 2.12. The third kappa shape index (κ3) is 5.94. The van der Waals surface area contributed by atoms with Crippen molar-refractivity contribution in [3.05, 3.63) is 36.4 Å². The highest BCUT2D eigenvalue weighted by molar-refractivity contribution is 7.89.